The number of rotatable bonds is 8. The van der Waals surface area contributed by atoms with Crippen molar-refractivity contribution in [3.8, 4) is 5.75 Å². The van der Waals surface area contributed by atoms with E-state index < -0.39 is 27.5 Å². The molecule has 0 N–H and O–H groups in total. The van der Waals surface area contributed by atoms with Crippen LogP contribution in [-0.2, 0) is 19.6 Å². The average molecular weight is 408 g/mol. The summed E-state index contributed by atoms with van der Waals surface area (Å²) in [6.45, 7) is 3.17. The van der Waals surface area contributed by atoms with E-state index in [1.807, 2.05) is 6.92 Å². The SMILES string of the molecule is CCOc1ccc(N(CC(=O)OC)S(=O)(=O)c2ccc(C)c([N+](=O)[O-])c2)cc1. The van der Waals surface area contributed by atoms with Crippen LogP contribution in [0.2, 0.25) is 0 Å². The van der Waals surface area contributed by atoms with Crippen molar-refractivity contribution in [2.75, 3.05) is 24.6 Å². The van der Waals surface area contributed by atoms with Gasteiger partial charge in [0.2, 0.25) is 0 Å². The third-order valence-corrected chi connectivity index (χ3v) is 5.67. The number of ether oxygens (including phenoxy) is 2. The predicted octanol–water partition coefficient (Wildman–Crippen LogP) is 2.67. The quantitative estimate of drug-likeness (QED) is 0.374. The molecule has 0 spiro atoms. The Morgan fingerprint density at radius 1 is 1.18 bits per heavy atom. The van der Waals surface area contributed by atoms with E-state index in [0.717, 1.165) is 17.5 Å². The first kappa shape index (κ1) is 21.2. The Labute approximate surface area is 162 Å². The fraction of sp³-hybridized carbons (Fsp3) is 0.278. The van der Waals surface area contributed by atoms with Gasteiger partial charge in [0, 0.05) is 11.6 Å². The number of anilines is 1. The van der Waals surface area contributed by atoms with Gasteiger partial charge in [0.15, 0.2) is 0 Å². The molecule has 0 saturated carbocycles. The molecule has 2 rings (SSSR count). The number of sulfonamides is 1. The third kappa shape index (κ3) is 4.58. The van der Waals surface area contributed by atoms with Crippen LogP contribution < -0.4 is 9.04 Å². The lowest BCUT2D eigenvalue weighted by molar-refractivity contribution is -0.385. The van der Waals surface area contributed by atoms with Gasteiger partial charge >= 0.3 is 5.97 Å². The maximum atomic E-state index is 13.1. The number of methoxy groups -OCH3 is 1. The molecule has 0 amide bonds. The van der Waals surface area contributed by atoms with Crippen molar-refractivity contribution in [3.05, 3.63) is 58.1 Å². The standard InChI is InChI=1S/C18H20N2O7S/c1-4-27-15-8-6-14(7-9-15)19(12-18(21)26-3)28(24,25)16-10-5-13(2)17(11-16)20(22)23/h5-11H,4,12H2,1-3H3. The number of carbonyl (C=O) groups is 1. The Morgan fingerprint density at radius 2 is 1.82 bits per heavy atom. The fourth-order valence-corrected chi connectivity index (χ4v) is 3.88. The third-order valence-electron chi connectivity index (χ3n) is 3.90. The van der Waals surface area contributed by atoms with Crippen LogP contribution in [0.4, 0.5) is 11.4 Å². The largest absolute Gasteiger partial charge is 0.494 e. The van der Waals surface area contributed by atoms with E-state index in [1.165, 1.54) is 31.2 Å². The van der Waals surface area contributed by atoms with Gasteiger partial charge in [-0.2, -0.15) is 0 Å². The van der Waals surface area contributed by atoms with E-state index in [0.29, 0.717) is 17.9 Å². The summed E-state index contributed by atoms with van der Waals surface area (Å²) in [5.74, 6) is -0.244. The molecule has 0 atom stereocenters. The van der Waals surface area contributed by atoms with Gasteiger partial charge in [-0.15, -0.1) is 0 Å². The lowest BCUT2D eigenvalue weighted by Crippen LogP contribution is -2.36. The monoisotopic (exact) mass is 408 g/mol. The van der Waals surface area contributed by atoms with Crippen LogP contribution in [0.15, 0.2) is 47.4 Å². The Kier molecular flexibility index (Phi) is 6.57. The molecular formula is C18H20N2O7S. The number of aryl methyl sites for hydroxylation is 1. The molecule has 0 radical (unpaired) electrons. The van der Waals surface area contributed by atoms with Gasteiger partial charge in [0.1, 0.15) is 12.3 Å². The van der Waals surface area contributed by atoms with Crippen molar-refractivity contribution in [1.82, 2.24) is 0 Å². The summed E-state index contributed by atoms with van der Waals surface area (Å²) in [7, 11) is -3.13. The maximum absolute atomic E-state index is 13.1. The first-order valence-electron chi connectivity index (χ1n) is 8.28. The zero-order chi connectivity index (χ0) is 20.9. The highest BCUT2D eigenvalue weighted by Gasteiger charge is 2.29. The number of hydrogen-bond acceptors (Lipinski definition) is 7. The lowest BCUT2D eigenvalue weighted by Gasteiger charge is -2.23. The molecule has 9 nitrogen and oxygen atoms in total. The molecule has 0 aliphatic heterocycles. The van der Waals surface area contributed by atoms with Crippen molar-refractivity contribution < 1.29 is 27.6 Å². The number of nitro benzene ring substituents is 1. The van der Waals surface area contributed by atoms with E-state index >= 15 is 0 Å². The van der Waals surface area contributed by atoms with Gasteiger partial charge in [-0.3, -0.25) is 19.2 Å². The Morgan fingerprint density at radius 3 is 2.36 bits per heavy atom. The number of hydrogen-bond donors (Lipinski definition) is 0. The van der Waals surface area contributed by atoms with Crippen molar-refractivity contribution in [3.63, 3.8) is 0 Å². The predicted molar refractivity (Wildman–Crippen MR) is 102 cm³/mol. The van der Waals surface area contributed by atoms with Gasteiger partial charge < -0.3 is 9.47 Å². The molecule has 0 heterocycles. The van der Waals surface area contributed by atoms with E-state index in [-0.39, 0.29) is 16.3 Å². The van der Waals surface area contributed by atoms with Gasteiger partial charge in [0.05, 0.1) is 29.2 Å². The van der Waals surface area contributed by atoms with Crippen LogP contribution in [0.25, 0.3) is 0 Å². The summed E-state index contributed by atoms with van der Waals surface area (Å²) in [6, 6.07) is 9.67. The average Bonchev–Trinajstić information content (AvgIpc) is 2.66. The summed E-state index contributed by atoms with van der Waals surface area (Å²) in [6.07, 6.45) is 0. The van der Waals surface area contributed by atoms with Crippen LogP contribution in [0.3, 0.4) is 0 Å². The molecule has 2 aromatic rings. The smallest absolute Gasteiger partial charge is 0.326 e. The fourth-order valence-electron chi connectivity index (χ4n) is 2.45. The highest BCUT2D eigenvalue weighted by molar-refractivity contribution is 7.92. The summed E-state index contributed by atoms with van der Waals surface area (Å²) in [5, 5.41) is 11.2. The minimum atomic E-state index is -4.27. The Hall–Kier alpha value is -3.14. The molecule has 0 fully saturated rings. The molecule has 150 valence electrons. The minimum Gasteiger partial charge on any atom is -0.494 e. The topological polar surface area (TPSA) is 116 Å². The van der Waals surface area contributed by atoms with Crippen molar-refractivity contribution >= 4 is 27.4 Å². The summed E-state index contributed by atoms with van der Waals surface area (Å²) < 4.78 is 37.1. The number of benzene rings is 2. The molecule has 10 heteroatoms. The van der Waals surface area contributed by atoms with Gasteiger partial charge in [-0.25, -0.2) is 8.42 Å². The summed E-state index contributed by atoms with van der Waals surface area (Å²) in [4.78, 5) is 22.0. The molecule has 0 unspecified atom stereocenters. The van der Waals surface area contributed by atoms with E-state index in [4.69, 9.17) is 4.74 Å². The van der Waals surface area contributed by atoms with Crippen LogP contribution in [0.1, 0.15) is 12.5 Å². The van der Waals surface area contributed by atoms with Gasteiger partial charge in [-0.05, 0) is 44.2 Å². The lowest BCUT2D eigenvalue weighted by atomic mass is 10.2. The second-order valence-corrected chi connectivity index (χ2v) is 7.58. The number of nitrogens with zero attached hydrogens (tertiary/aromatic N) is 2. The van der Waals surface area contributed by atoms with Crippen LogP contribution in [0, 0.1) is 17.0 Å². The van der Waals surface area contributed by atoms with E-state index in [2.05, 4.69) is 4.74 Å². The molecule has 0 aromatic heterocycles. The number of esters is 1. The van der Waals surface area contributed by atoms with Crippen LogP contribution >= 0.6 is 0 Å². The molecule has 2 aromatic carbocycles. The molecule has 0 aliphatic carbocycles. The van der Waals surface area contributed by atoms with E-state index in [9.17, 15) is 23.3 Å². The highest BCUT2D eigenvalue weighted by Crippen LogP contribution is 2.29. The molecule has 0 aliphatic rings. The first-order valence-corrected chi connectivity index (χ1v) is 9.72. The molecular weight excluding hydrogens is 388 g/mol. The Bertz CT molecular complexity index is 972. The minimum absolute atomic E-state index is 0.192. The van der Waals surface area contributed by atoms with Crippen LogP contribution in [-0.4, -0.2) is 39.6 Å². The molecule has 28 heavy (non-hydrogen) atoms. The normalized spacial score (nSPS) is 11.0. The van der Waals surface area contributed by atoms with Crippen molar-refractivity contribution in [2.24, 2.45) is 0 Å². The second-order valence-electron chi connectivity index (χ2n) is 5.72. The summed E-state index contributed by atoms with van der Waals surface area (Å²) >= 11 is 0. The zero-order valence-electron chi connectivity index (χ0n) is 15.6. The number of nitro groups is 1. The van der Waals surface area contributed by atoms with Crippen molar-refractivity contribution in [1.29, 1.82) is 0 Å². The highest BCUT2D eigenvalue weighted by atomic mass is 32.2. The Balaban J connectivity index is 2.54. The summed E-state index contributed by atoms with van der Waals surface area (Å²) in [5.41, 5.74) is 0.187. The molecule has 0 bridgehead atoms. The van der Waals surface area contributed by atoms with Crippen molar-refractivity contribution in [2.45, 2.75) is 18.7 Å². The van der Waals surface area contributed by atoms with Crippen LogP contribution in [0.5, 0.6) is 5.75 Å². The molecule has 0 saturated heterocycles. The zero-order valence-corrected chi connectivity index (χ0v) is 16.4. The number of carbonyl (C=O) groups excluding carboxylic acids is 1. The van der Waals surface area contributed by atoms with E-state index in [1.54, 1.807) is 12.1 Å². The first-order chi connectivity index (χ1) is 13.2. The van der Waals surface area contributed by atoms with Gasteiger partial charge in [0.25, 0.3) is 15.7 Å². The maximum Gasteiger partial charge on any atom is 0.326 e. The second kappa shape index (κ2) is 8.70. The van der Waals surface area contributed by atoms with Gasteiger partial charge in [-0.1, -0.05) is 6.07 Å².